The maximum atomic E-state index is 11.6. The fraction of sp³-hybridized carbons (Fsp3) is 0.636. The smallest absolute Gasteiger partial charge is 0.224 e. The van der Waals surface area contributed by atoms with E-state index in [0.29, 0.717) is 6.42 Å². The molecule has 0 spiro atoms. The molecule has 90 valence electrons. The van der Waals surface area contributed by atoms with Crippen LogP contribution < -0.4 is 5.32 Å². The normalized spacial score (nSPS) is 12.6. The van der Waals surface area contributed by atoms with Gasteiger partial charge in [-0.1, -0.05) is 0 Å². The molecule has 0 aromatic carbocycles. The average molecular weight is 225 g/mol. The van der Waals surface area contributed by atoms with Crippen LogP contribution in [-0.2, 0) is 18.3 Å². The second kappa shape index (κ2) is 5.12. The molecule has 5 heteroatoms. The van der Waals surface area contributed by atoms with Gasteiger partial charge in [0.25, 0.3) is 0 Å². The van der Waals surface area contributed by atoms with Gasteiger partial charge in [0.05, 0.1) is 18.7 Å². The van der Waals surface area contributed by atoms with Gasteiger partial charge in [-0.2, -0.15) is 5.10 Å². The van der Waals surface area contributed by atoms with E-state index in [1.54, 1.807) is 11.6 Å². The zero-order chi connectivity index (χ0) is 12.3. The molecule has 0 aliphatic carbocycles. The summed E-state index contributed by atoms with van der Waals surface area (Å²) in [6.45, 7) is 5.56. The van der Waals surface area contributed by atoms with Crippen molar-refractivity contribution in [3.05, 3.63) is 17.0 Å². The fourth-order valence-electron chi connectivity index (χ4n) is 1.61. The Bertz CT molecular complexity index is 385. The Morgan fingerprint density at radius 2 is 2.19 bits per heavy atom. The number of aryl methyl sites for hydroxylation is 2. The Labute approximate surface area is 95.5 Å². The van der Waals surface area contributed by atoms with Gasteiger partial charge >= 0.3 is 0 Å². The number of amides is 1. The lowest BCUT2D eigenvalue weighted by Gasteiger charge is -2.10. The summed E-state index contributed by atoms with van der Waals surface area (Å²) >= 11 is 0. The van der Waals surface area contributed by atoms with Gasteiger partial charge in [0.1, 0.15) is 0 Å². The summed E-state index contributed by atoms with van der Waals surface area (Å²) in [6.07, 6.45) is 0.315. The van der Waals surface area contributed by atoms with Crippen LogP contribution in [0.4, 0.5) is 0 Å². The maximum absolute atomic E-state index is 11.6. The van der Waals surface area contributed by atoms with Crippen molar-refractivity contribution in [3.63, 3.8) is 0 Å². The van der Waals surface area contributed by atoms with Crippen LogP contribution in [0.15, 0.2) is 0 Å². The quantitative estimate of drug-likeness (QED) is 0.762. The molecule has 0 saturated heterocycles. The van der Waals surface area contributed by atoms with Crippen LogP contribution in [0.1, 0.15) is 23.9 Å². The number of hydrogen-bond donors (Lipinski definition) is 2. The van der Waals surface area contributed by atoms with E-state index in [0.717, 1.165) is 17.0 Å². The average Bonchev–Trinajstić information content (AvgIpc) is 2.45. The van der Waals surface area contributed by atoms with Gasteiger partial charge < -0.3 is 10.4 Å². The van der Waals surface area contributed by atoms with Gasteiger partial charge in [-0.25, -0.2) is 0 Å². The van der Waals surface area contributed by atoms with Gasteiger partial charge in [-0.3, -0.25) is 9.48 Å². The second-order valence-corrected chi connectivity index (χ2v) is 4.10. The van der Waals surface area contributed by atoms with Crippen molar-refractivity contribution in [1.29, 1.82) is 0 Å². The highest BCUT2D eigenvalue weighted by Gasteiger charge is 2.14. The maximum Gasteiger partial charge on any atom is 0.224 e. The van der Waals surface area contributed by atoms with Crippen LogP contribution >= 0.6 is 0 Å². The molecule has 1 heterocycles. The van der Waals surface area contributed by atoms with Crippen molar-refractivity contribution in [3.8, 4) is 0 Å². The molecule has 1 aromatic heterocycles. The lowest BCUT2D eigenvalue weighted by Crippen LogP contribution is -2.36. The molecule has 5 nitrogen and oxygen atoms in total. The molecule has 0 fully saturated rings. The van der Waals surface area contributed by atoms with Crippen LogP contribution in [0, 0.1) is 13.8 Å². The molecule has 0 saturated carbocycles. The molecule has 1 amide bonds. The summed E-state index contributed by atoms with van der Waals surface area (Å²) in [7, 11) is 1.86. The third-order valence-electron chi connectivity index (χ3n) is 2.68. The molecule has 1 atom stereocenters. The number of rotatable bonds is 4. The van der Waals surface area contributed by atoms with Crippen molar-refractivity contribution in [2.75, 3.05) is 6.61 Å². The summed E-state index contributed by atoms with van der Waals surface area (Å²) in [5.41, 5.74) is 2.85. The molecular weight excluding hydrogens is 206 g/mol. The predicted octanol–water partition coefficient (Wildman–Crippen LogP) is 0.0764. The molecule has 1 rings (SSSR count). The van der Waals surface area contributed by atoms with E-state index in [4.69, 9.17) is 5.11 Å². The van der Waals surface area contributed by atoms with E-state index in [1.165, 1.54) is 0 Å². The molecule has 0 bridgehead atoms. The van der Waals surface area contributed by atoms with Gasteiger partial charge in [0, 0.05) is 24.3 Å². The Morgan fingerprint density at radius 1 is 1.56 bits per heavy atom. The Morgan fingerprint density at radius 3 is 2.62 bits per heavy atom. The highest BCUT2D eigenvalue weighted by molar-refractivity contribution is 5.79. The minimum Gasteiger partial charge on any atom is -0.394 e. The summed E-state index contributed by atoms with van der Waals surface area (Å²) in [5, 5.41) is 15.8. The standard InChI is InChI=1S/C11H19N3O2/c1-7(6-15)12-11(16)5-10-8(2)13-14(4)9(10)3/h7,15H,5-6H2,1-4H3,(H,12,16)/t7-/m0/s1. The van der Waals surface area contributed by atoms with Crippen molar-refractivity contribution in [1.82, 2.24) is 15.1 Å². The molecular formula is C11H19N3O2. The van der Waals surface area contributed by atoms with Gasteiger partial charge in [0.15, 0.2) is 0 Å². The number of aromatic nitrogens is 2. The molecule has 2 N–H and O–H groups in total. The third kappa shape index (κ3) is 2.82. The van der Waals surface area contributed by atoms with Crippen LogP contribution in [0.2, 0.25) is 0 Å². The van der Waals surface area contributed by atoms with Gasteiger partial charge in [-0.05, 0) is 20.8 Å². The van der Waals surface area contributed by atoms with Crippen molar-refractivity contribution in [2.45, 2.75) is 33.2 Å². The number of nitrogens with zero attached hydrogens (tertiary/aromatic N) is 2. The van der Waals surface area contributed by atoms with Gasteiger partial charge in [0.2, 0.25) is 5.91 Å². The monoisotopic (exact) mass is 225 g/mol. The van der Waals surface area contributed by atoms with E-state index in [-0.39, 0.29) is 18.6 Å². The first-order valence-electron chi connectivity index (χ1n) is 5.35. The number of hydrogen-bond acceptors (Lipinski definition) is 3. The van der Waals surface area contributed by atoms with Crippen molar-refractivity contribution in [2.24, 2.45) is 7.05 Å². The molecule has 0 radical (unpaired) electrons. The van der Waals surface area contributed by atoms with Gasteiger partial charge in [-0.15, -0.1) is 0 Å². The lowest BCUT2D eigenvalue weighted by atomic mass is 10.1. The molecule has 0 aliphatic heterocycles. The summed E-state index contributed by atoms with van der Waals surface area (Å²) in [6, 6.07) is -0.204. The first kappa shape index (κ1) is 12.7. The Hall–Kier alpha value is -1.36. The van der Waals surface area contributed by atoms with Crippen LogP contribution in [-0.4, -0.2) is 33.4 Å². The van der Waals surface area contributed by atoms with E-state index < -0.39 is 0 Å². The summed E-state index contributed by atoms with van der Waals surface area (Å²) in [5.74, 6) is -0.0826. The topological polar surface area (TPSA) is 67.2 Å². The number of aliphatic hydroxyl groups is 1. The second-order valence-electron chi connectivity index (χ2n) is 4.10. The van der Waals surface area contributed by atoms with E-state index in [1.807, 2.05) is 20.9 Å². The lowest BCUT2D eigenvalue weighted by molar-refractivity contribution is -0.121. The number of aliphatic hydroxyl groups excluding tert-OH is 1. The zero-order valence-electron chi connectivity index (χ0n) is 10.2. The molecule has 1 aromatic rings. The van der Waals surface area contributed by atoms with Crippen LogP contribution in [0.5, 0.6) is 0 Å². The minimum absolute atomic E-state index is 0.0449. The predicted molar refractivity (Wildman–Crippen MR) is 61.1 cm³/mol. The minimum atomic E-state index is -0.204. The van der Waals surface area contributed by atoms with Crippen molar-refractivity contribution >= 4 is 5.91 Å². The molecule has 0 unspecified atom stereocenters. The first-order valence-corrected chi connectivity index (χ1v) is 5.35. The summed E-state index contributed by atoms with van der Waals surface area (Å²) < 4.78 is 1.77. The zero-order valence-corrected chi connectivity index (χ0v) is 10.2. The fourth-order valence-corrected chi connectivity index (χ4v) is 1.61. The number of carbonyl (C=O) groups is 1. The Kier molecular flexibility index (Phi) is 4.06. The van der Waals surface area contributed by atoms with E-state index >= 15 is 0 Å². The summed E-state index contributed by atoms with van der Waals surface area (Å²) in [4.78, 5) is 11.6. The van der Waals surface area contributed by atoms with E-state index in [9.17, 15) is 4.79 Å². The molecule has 0 aliphatic rings. The SMILES string of the molecule is Cc1nn(C)c(C)c1CC(=O)N[C@@H](C)CO. The van der Waals surface area contributed by atoms with Crippen molar-refractivity contribution < 1.29 is 9.90 Å². The molecule has 16 heavy (non-hydrogen) atoms. The largest absolute Gasteiger partial charge is 0.394 e. The van der Waals surface area contributed by atoms with Crippen LogP contribution in [0.3, 0.4) is 0 Å². The highest BCUT2D eigenvalue weighted by atomic mass is 16.3. The van der Waals surface area contributed by atoms with E-state index in [2.05, 4.69) is 10.4 Å². The third-order valence-corrected chi connectivity index (χ3v) is 2.68. The first-order chi connectivity index (χ1) is 7.45. The number of carbonyl (C=O) groups excluding carboxylic acids is 1. The highest BCUT2D eigenvalue weighted by Crippen LogP contribution is 2.12. The van der Waals surface area contributed by atoms with Crippen LogP contribution in [0.25, 0.3) is 0 Å². The Balaban J connectivity index is 2.70. The number of nitrogens with one attached hydrogen (secondary N) is 1.